The second-order valence-electron chi connectivity index (χ2n) is 7.33. The van der Waals surface area contributed by atoms with Crippen LogP contribution in [-0.4, -0.2) is 57.5 Å². The Bertz CT molecular complexity index is 710. The lowest BCUT2D eigenvalue weighted by Gasteiger charge is -2.33. The highest BCUT2D eigenvalue weighted by molar-refractivity contribution is 5.94. The van der Waals surface area contributed by atoms with Gasteiger partial charge in [-0.15, -0.1) is 0 Å². The summed E-state index contributed by atoms with van der Waals surface area (Å²) in [6.45, 7) is 2.84. The number of likely N-dealkylation sites (N-methyl/N-ethyl adjacent to an activating group) is 1. The fourth-order valence-electron chi connectivity index (χ4n) is 4.38. The molecule has 25 heavy (non-hydrogen) atoms. The van der Waals surface area contributed by atoms with Crippen LogP contribution in [0.5, 0.6) is 0 Å². The van der Waals surface area contributed by atoms with Crippen molar-refractivity contribution in [2.75, 3.05) is 20.1 Å². The van der Waals surface area contributed by atoms with E-state index in [0.717, 1.165) is 38.0 Å². The fourth-order valence-corrected chi connectivity index (χ4v) is 4.38. The number of hydrogen-bond donors (Lipinski definition) is 0. The highest BCUT2D eigenvalue weighted by atomic mass is 16.2. The summed E-state index contributed by atoms with van der Waals surface area (Å²) in [5.74, 6) is 0.192. The van der Waals surface area contributed by atoms with E-state index in [9.17, 15) is 4.79 Å². The van der Waals surface area contributed by atoms with Gasteiger partial charge in [0.25, 0.3) is 5.91 Å². The molecule has 2 aromatic rings. The molecule has 2 fully saturated rings. The Kier molecular flexibility index (Phi) is 4.57. The monoisotopic (exact) mass is 338 g/mol. The number of aromatic nitrogens is 2. The SMILES string of the molecule is CN1CCC[C@@H]1[C@@H]1CCCN1C(=O)c1ccc(Cn2ccnc2)cc1. The van der Waals surface area contributed by atoms with Gasteiger partial charge in [0.1, 0.15) is 0 Å². The van der Waals surface area contributed by atoms with Crippen molar-refractivity contribution < 1.29 is 4.79 Å². The van der Waals surface area contributed by atoms with Crippen LogP contribution in [0.1, 0.15) is 41.6 Å². The number of imidazole rings is 1. The van der Waals surface area contributed by atoms with E-state index in [2.05, 4.69) is 34.0 Å². The van der Waals surface area contributed by atoms with Gasteiger partial charge in [0, 0.05) is 43.1 Å². The fraction of sp³-hybridized carbons (Fsp3) is 0.500. The molecular formula is C20H26N4O. The molecule has 0 spiro atoms. The van der Waals surface area contributed by atoms with Crippen LogP contribution in [-0.2, 0) is 6.54 Å². The summed E-state index contributed by atoms with van der Waals surface area (Å²) in [6.07, 6.45) is 10.3. The standard InChI is InChI=1S/C20H26N4O/c1-22-11-2-4-18(22)19-5-3-12-24(19)20(25)17-8-6-16(7-9-17)14-23-13-10-21-15-23/h6-10,13,15,18-19H,2-5,11-12,14H2,1H3/t18-,19+/m1/s1. The molecule has 1 amide bonds. The van der Waals surface area contributed by atoms with Gasteiger partial charge < -0.3 is 14.4 Å². The third-order valence-electron chi connectivity index (χ3n) is 5.71. The van der Waals surface area contributed by atoms with Crippen molar-refractivity contribution in [3.63, 3.8) is 0 Å². The van der Waals surface area contributed by atoms with Gasteiger partial charge in [-0.25, -0.2) is 4.98 Å². The van der Waals surface area contributed by atoms with Gasteiger partial charge in [0.05, 0.1) is 6.33 Å². The van der Waals surface area contributed by atoms with Crippen LogP contribution in [0.3, 0.4) is 0 Å². The zero-order valence-electron chi connectivity index (χ0n) is 14.8. The summed E-state index contributed by atoms with van der Waals surface area (Å²) in [4.78, 5) is 21.7. The number of hydrogen-bond acceptors (Lipinski definition) is 3. The first-order valence-electron chi connectivity index (χ1n) is 9.28. The predicted octanol–water partition coefficient (Wildman–Crippen LogP) is 2.63. The van der Waals surface area contributed by atoms with E-state index in [0.29, 0.717) is 12.1 Å². The van der Waals surface area contributed by atoms with Gasteiger partial charge in [-0.2, -0.15) is 0 Å². The summed E-state index contributed by atoms with van der Waals surface area (Å²) in [6, 6.07) is 8.97. The quantitative estimate of drug-likeness (QED) is 0.860. The normalized spacial score (nSPS) is 24.1. The number of rotatable bonds is 4. The van der Waals surface area contributed by atoms with Gasteiger partial charge in [0.15, 0.2) is 0 Å². The molecule has 0 unspecified atom stereocenters. The summed E-state index contributed by atoms with van der Waals surface area (Å²) < 4.78 is 2.03. The van der Waals surface area contributed by atoms with Crippen molar-refractivity contribution >= 4 is 5.91 Å². The number of benzene rings is 1. The van der Waals surface area contributed by atoms with Gasteiger partial charge in [0.2, 0.25) is 0 Å². The van der Waals surface area contributed by atoms with E-state index < -0.39 is 0 Å². The van der Waals surface area contributed by atoms with Crippen molar-refractivity contribution in [3.8, 4) is 0 Å². The van der Waals surface area contributed by atoms with Crippen LogP contribution in [0.15, 0.2) is 43.0 Å². The van der Waals surface area contributed by atoms with E-state index in [1.807, 2.05) is 29.2 Å². The predicted molar refractivity (Wildman–Crippen MR) is 97.5 cm³/mol. The maximum Gasteiger partial charge on any atom is 0.254 e. The average molecular weight is 338 g/mol. The first-order chi connectivity index (χ1) is 12.2. The maximum absolute atomic E-state index is 13.0. The molecule has 4 rings (SSSR count). The molecule has 2 atom stereocenters. The van der Waals surface area contributed by atoms with E-state index in [1.54, 1.807) is 6.20 Å². The Morgan fingerprint density at radius 3 is 2.56 bits per heavy atom. The Morgan fingerprint density at radius 2 is 1.88 bits per heavy atom. The van der Waals surface area contributed by atoms with E-state index in [1.165, 1.54) is 18.4 Å². The van der Waals surface area contributed by atoms with Crippen molar-refractivity contribution in [3.05, 3.63) is 54.1 Å². The number of likely N-dealkylation sites (tertiary alicyclic amines) is 2. The zero-order chi connectivity index (χ0) is 17.2. The molecule has 0 N–H and O–H groups in total. The minimum atomic E-state index is 0.192. The van der Waals surface area contributed by atoms with Crippen molar-refractivity contribution in [2.24, 2.45) is 0 Å². The minimum Gasteiger partial charge on any atom is -0.334 e. The molecule has 0 radical (unpaired) electrons. The van der Waals surface area contributed by atoms with Crippen molar-refractivity contribution in [2.45, 2.75) is 44.3 Å². The molecule has 2 aliphatic heterocycles. The van der Waals surface area contributed by atoms with Crippen LogP contribution in [0.25, 0.3) is 0 Å². The summed E-state index contributed by atoms with van der Waals surface area (Å²) in [7, 11) is 2.20. The molecule has 0 bridgehead atoms. The molecule has 3 heterocycles. The molecule has 1 aromatic heterocycles. The van der Waals surface area contributed by atoms with Gasteiger partial charge in [-0.05, 0) is 57.0 Å². The van der Waals surface area contributed by atoms with E-state index in [4.69, 9.17) is 0 Å². The Balaban J connectivity index is 1.46. The number of amides is 1. The molecule has 2 aliphatic rings. The van der Waals surface area contributed by atoms with Crippen molar-refractivity contribution in [1.82, 2.24) is 19.4 Å². The first kappa shape index (κ1) is 16.3. The zero-order valence-corrected chi connectivity index (χ0v) is 14.8. The molecular weight excluding hydrogens is 312 g/mol. The van der Waals surface area contributed by atoms with Crippen molar-refractivity contribution in [1.29, 1.82) is 0 Å². The molecule has 0 saturated carbocycles. The van der Waals surface area contributed by atoms with E-state index >= 15 is 0 Å². The Hall–Kier alpha value is -2.14. The van der Waals surface area contributed by atoms with Gasteiger partial charge >= 0.3 is 0 Å². The smallest absolute Gasteiger partial charge is 0.254 e. The average Bonchev–Trinajstić information content (AvgIpc) is 3.36. The summed E-state index contributed by atoms with van der Waals surface area (Å²) in [5, 5.41) is 0. The highest BCUT2D eigenvalue weighted by Gasteiger charge is 2.38. The van der Waals surface area contributed by atoms with Crippen LogP contribution >= 0.6 is 0 Å². The second-order valence-corrected chi connectivity index (χ2v) is 7.33. The van der Waals surface area contributed by atoms with Crippen LogP contribution in [0, 0.1) is 0 Å². The Morgan fingerprint density at radius 1 is 1.12 bits per heavy atom. The third kappa shape index (κ3) is 3.33. The molecule has 5 heteroatoms. The third-order valence-corrected chi connectivity index (χ3v) is 5.71. The lowest BCUT2D eigenvalue weighted by atomic mass is 10.0. The van der Waals surface area contributed by atoms with Gasteiger partial charge in [-0.3, -0.25) is 4.79 Å². The highest BCUT2D eigenvalue weighted by Crippen LogP contribution is 2.30. The maximum atomic E-state index is 13.0. The van der Waals surface area contributed by atoms with Crippen LogP contribution < -0.4 is 0 Å². The number of nitrogens with zero attached hydrogens (tertiary/aromatic N) is 4. The Labute approximate surface area is 149 Å². The molecule has 0 aliphatic carbocycles. The first-order valence-corrected chi connectivity index (χ1v) is 9.28. The van der Waals surface area contributed by atoms with Crippen LogP contribution in [0.2, 0.25) is 0 Å². The van der Waals surface area contributed by atoms with E-state index in [-0.39, 0.29) is 5.91 Å². The lowest BCUT2D eigenvalue weighted by molar-refractivity contribution is 0.0664. The number of carbonyl (C=O) groups is 1. The summed E-state index contributed by atoms with van der Waals surface area (Å²) in [5.41, 5.74) is 1.99. The number of carbonyl (C=O) groups excluding carboxylic acids is 1. The largest absolute Gasteiger partial charge is 0.334 e. The van der Waals surface area contributed by atoms with Crippen LogP contribution in [0.4, 0.5) is 0 Å². The molecule has 2 saturated heterocycles. The minimum absolute atomic E-state index is 0.192. The van der Waals surface area contributed by atoms with Gasteiger partial charge in [-0.1, -0.05) is 12.1 Å². The second kappa shape index (κ2) is 7.00. The molecule has 132 valence electrons. The topological polar surface area (TPSA) is 41.4 Å². The molecule has 1 aromatic carbocycles. The summed E-state index contributed by atoms with van der Waals surface area (Å²) >= 11 is 0. The molecule has 5 nitrogen and oxygen atoms in total. The lowest BCUT2D eigenvalue weighted by Crippen LogP contribution is -2.47.